The summed E-state index contributed by atoms with van der Waals surface area (Å²) < 4.78 is 16.1. The topological polar surface area (TPSA) is 129 Å². The van der Waals surface area contributed by atoms with Gasteiger partial charge in [0.25, 0.3) is 5.56 Å². The summed E-state index contributed by atoms with van der Waals surface area (Å²) >= 11 is 0. The molecule has 10 heteroatoms. The van der Waals surface area contributed by atoms with Crippen LogP contribution in [0.5, 0.6) is 0 Å². The number of hydrogen-bond acceptors (Lipinski definition) is 8. The quantitative estimate of drug-likeness (QED) is 0.434. The summed E-state index contributed by atoms with van der Waals surface area (Å²) in [5.74, 6) is -0.633. The number of carbonyl (C=O) groups is 1. The molecule has 0 aliphatic carbocycles. The van der Waals surface area contributed by atoms with Crippen molar-refractivity contribution in [1.82, 2.24) is 14.5 Å². The molecule has 1 aromatic heterocycles. The first-order chi connectivity index (χ1) is 12.0. The maximum Gasteiger partial charge on any atom is 0.330 e. The van der Waals surface area contributed by atoms with E-state index in [-0.39, 0.29) is 31.1 Å². The first-order valence-electron chi connectivity index (χ1n) is 7.81. The van der Waals surface area contributed by atoms with Gasteiger partial charge in [0.05, 0.1) is 32.9 Å². The Morgan fingerprint density at radius 3 is 2.16 bits per heavy atom. The van der Waals surface area contributed by atoms with Crippen LogP contribution in [0.4, 0.5) is 5.82 Å². The van der Waals surface area contributed by atoms with E-state index in [2.05, 4.69) is 4.98 Å². The van der Waals surface area contributed by atoms with Gasteiger partial charge in [0.1, 0.15) is 11.4 Å². The number of H-pyrrole nitrogens is 1. The number of aromatic amines is 1. The van der Waals surface area contributed by atoms with Crippen molar-refractivity contribution in [1.29, 1.82) is 0 Å². The normalized spacial score (nSPS) is 11.2. The van der Waals surface area contributed by atoms with Gasteiger partial charge in [0.15, 0.2) is 5.78 Å². The molecule has 0 spiro atoms. The molecule has 0 fully saturated rings. The molecule has 0 saturated heterocycles. The van der Waals surface area contributed by atoms with Gasteiger partial charge in [-0.25, -0.2) is 4.79 Å². The number of ketones is 1. The molecule has 10 nitrogen and oxygen atoms in total. The third-order valence-electron chi connectivity index (χ3n) is 3.63. The fourth-order valence-electron chi connectivity index (χ4n) is 2.25. The predicted molar refractivity (Wildman–Crippen MR) is 92.1 cm³/mol. The standard InChI is InChI=1S/C15H26N4O6/c1-23-7-4-18(5-8-24-2)10-11(20)12-13(16)19(6-9-25-3)15(22)17-14(12)21/h4-10,16H2,1-3H3,(H,17,21,22). The number of nitrogens with one attached hydrogen (secondary N) is 1. The minimum atomic E-state index is -0.792. The number of hydrogen-bond donors (Lipinski definition) is 2. The molecule has 0 amide bonds. The maximum absolute atomic E-state index is 12.6. The fraction of sp³-hybridized carbons (Fsp3) is 0.667. The Balaban J connectivity index is 3.05. The van der Waals surface area contributed by atoms with Crippen LogP contribution in [0.25, 0.3) is 0 Å². The molecular formula is C15H26N4O6. The Morgan fingerprint density at radius 2 is 1.64 bits per heavy atom. The van der Waals surface area contributed by atoms with Crippen molar-refractivity contribution in [3.63, 3.8) is 0 Å². The van der Waals surface area contributed by atoms with E-state index in [1.54, 1.807) is 19.1 Å². The second-order valence-electron chi connectivity index (χ2n) is 5.35. The van der Waals surface area contributed by atoms with Crippen LogP contribution in [0.1, 0.15) is 10.4 Å². The lowest BCUT2D eigenvalue weighted by Crippen LogP contribution is -2.41. The summed E-state index contributed by atoms with van der Waals surface area (Å²) in [6.45, 7) is 2.15. The van der Waals surface area contributed by atoms with Gasteiger partial charge in [-0.1, -0.05) is 0 Å². The third-order valence-corrected chi connectivity index (χ3v) is 3.63. The van der Waals surface area contributed by atoms with Crippen molar-refractivity contribution in [3.05, 3.63) is 26.4 Å². The molecule has 0 aromatic carbocycles. The number of rotatable bonds is 12. The summed E-state index contributed by atoms with van der Waals surface area (Å²) in [6.07, 6.45) is 0. The molecule has 3 N–H and O–H groups in total. The number of ether oxygens (including phenoxy) is 3. The van der Waals surface area contributed by atoms with E-state index in [4.69, 9.17) is 19.9 Å². The molecule has 1 aromatic rings. The van der Waals surface area contributed by atoms with Crippen molar-refractivity contribution in [2.24, 2.45) is 0 Å². The Kier molecular flexibility index (Phi) is 9.06. The van der Waals surface area contributed by atoms with E-state index in [1.165, 1.54) is 7.11 Å². The largest absolute Gasteiger partial charge is 0.384 e. The summed E-state index contributed by atoms with van der Waals surface area (Å²) in [7, 11) is 4.60. The molecule has 0 aliphatic heterocycles. The maximum atomic E-state index is 12.6. The summed E-state index contributed by atoms with van der Waals surface area (Å²) in [6, 6.07) is 0. The van der Waals surface area contributed by atoms with Gasteiger partial charge in [-0.05, 0) is 0 Å². The zero-order chi connectivity index (χ0) is 18.8. The molecule has 1 rings (SSSR count). The predicted octanol–water partition coefficient (Wildman–Crippen LogP) is -1.46. The molecule has 0 radical (unpaired) electrons. The summed E-state index contributed by atoms with van der Waals surface area (Å²) in [5, 5.41) is 0. The molecule has 0 bridgehead atoms. The second-order valence-corrected chi connectivity index (χ2v) is 5.35. The molecule has 0 saturated carbocycles. The van der Waals surface area contributed by atoms with Crippen molar-refractivity contribution in [2.45, 2.75) is 6.54 Å². The Bertz CT molecular complexity index is 661. The Hall–Kier alpha value is -2.01. The van der Waals surface area contributed by atoms with Crippen LogP contribution < -0.4 is 17.0 Å². The average molecular weight is 358 g/mol. The summed E-state index contributed by atoms with van der Waals surface area (Å²) in [4.78, 5) is 40.4. The lowest BCUT2D eigenvalue weighted by atomic mass is 10.1. The van der Waals surface area contributed by atoms with E-state index in [9.17, 15) is 14.4 Å². The number of nitrogen functional groups attached to an aromatic ring is 1. The van der Waals surface area contributed by atoms with Gasteiger partial charge in [0, 0.05) is 34.4 Å². The van der Waals surface area contributed by atoms with Crippen LogP contribution in [0.3, 0.4) is 0 Å². The first-order valence-corrected chi connectivity index (χ1v) is 7.81. The molecule has 0 atom stereocenters. The van der Waals surface area contributed by atoms with Crippen LogP contribution >= 0.6 is 0 Å². The zero-order valence-electron chi connectivity index (χ0n) is 14.9. The number of anilines is 1. The monoisotopic (exact) mass is 358 g/mol. The second kappa shape index (κ2) is 10.8. The van der Waals surface area contributed by atoms with Crippen molar-refractivity contribution < 1.29 is 19.0 Å². The van der Waals surface area contributed by atoms with Crippen LogP contribution in [-0.2, 0) is 20.8 Å². The number of aromatic nitrogens is 2. The van der Waals surface area contributed by atoms with Gasteiger partial charge in [0.2, 0.25) is 0 Å². The van der Waals surface area contributed by atoms with E-state index in [0.29, 0.717) is 26.3 Å². The minimum absolute atomic E-state index is 0.0392. The van der Waals surface area contributed by atoms with Crippen LogP contribution in [-0.4, -0.2) is 81.0 Å². The number of methoxy groups -OCH3 is 3. The fourth-order valence-corrected chi connectivity index (χ4v) is 2.25. The van der Waals surface area contributed by atoms with Gasteiger partial charge in [-0.15, -0.1) is 0 Å². The zero-order valence-corrected chi connectivity index (χ0v) is 14.9. The molecule has 1 heterocycles. The van der Waals surface area contributed by atoms with Crippen LogP contribution in [0.15, 0.2) is 9.59 Å². The van der Waals surface area contributed by atoms with Crippen molar-refractivity contribution >= 4 is 11.6 Å². The number of carbonyl (C=O) groups excluding carboxylic acids is 1. The van der Waals surface area contributed by atoms with Crippen LogP contribution in [0, 0.1) is 0 Å². The van der Waals surface area contributed by atoms with Gasteiger partial charge < -0.3 is 19.9 Å². The summed E-state index contributed by atoms with van der Waals surface area (Å²) in [5.41, 5.74) is 4.21. The van der Waals surface area contributed by atoms with Gasteiger partial charge in [-0.3, -0.25) is 24.0 Å². The minimum Gasteiger partial charge on any atom is -0.384 e. The lowest BCUT2D eigenvalue weighted by molar-refractivity contribution is 0.0835. The van der Waals surface area contributed by atoms with Crippen molar-refractivity contribution in [3.8, 4) is 0 Å². The highest BCUT2D eigenvalue weighted by Crippen LogP contribution is 2.06. The van der Waals surface area contributed by atoms with E-state index in [0.717, 1.165) is 4.57 Å². The van der Waals surface area contributed by atoms with Crippen molar-refractivity contribution in [2.75, 3.05) is 66.5 Å². The number of nitrogens with two attached hydrogens (primary N) is 1. The Labute approximate surface area is 145 Å². The molecule has 0 unspecified atom stereocenters. The SMILES string of the molecule is COCCN(CCOC)CC(=O)c1c(N)n(CCOC)c(=O)[nH]c1=O. The molecule has 0 aliphatic rings. The molecule has 142 valence electrons. The third kappa shape index (κ3) is 6.09. The Morgan fingerprint density at radius 1 is 1.08 bits per heavy atom. The molecule has 25 heavy (non-hydrogen) atoms. The molecular weight excluding hydrogens is 332 g/mol. The van der Waals surface area contributed by atoms with Crippen LogP contribution in [0.2, 0.25) is 0 Å². The first kappa shape index (κ1) is 21.0. The number of nitrogens with zero attached hydrogens (tertiary/aromatic N) is 2. The lowest BCUT2D eigenvalue weighted by Gasteiger charge is -2.21. The highest BCUT2D eigenvalue weighted by Gasteiger charge is 2.21. The van der Waals surface area contributed by atoms with E-state index in [1.807, 2.05) is 0 Å². The van der Waals surface area contributed by atoms with Gasteiger partial charge in [-0.2, -0.15) is 0 Å². The highest BCUT2D eigenvalue weighted by atomic mass is 16.5. The van der Waals surface area contributed by atoms with E-state index < -0.39 is 17.0 Å². The van der Waals surface area contributed by atoms with Gasteiger partial charge >= 0.3 is 5.69 Å². The smallest absolute Gasteiger partial charge is 0.330 e. The average Bonchev–Trinajstić information content (AvgIpc) is 2.56. The highest BCUT2D eigenvalue weighted by molar-refractivity contribution is 6.01. The number of Topliss-reactive ketones (excluding diaryl/α,β-unsaturated/α-hetero) is 1. The van der Waals surface area contributed by atoms with E-state index >= 15 is 0 Å².